The van der Waals surface area contributed by atoms with Gasteiger partial charge in [0.05, 0.1) is 9.52 Å². The average Bonchev–Trinajstić information content (AvgIpc) is 2.78. The highest BCUT2D eigenvalue weighted by Crippen LogP contribution is 2.60. The Hall–Kier alpha value is -1.60. The second kappa shape index (κ2) is 6.85. The van der Waals surface area contributed by atoms with Gasteiger partial charge in [-0.3, -0.25) is 0 Å². The van der Waals surface area contributed by atoms with Crippen molar-refractivity contribution in [3.63, 3.8) is 0 Å². The third kappa shape index (κ3) is 2.81. The van der Waals surface area contributed by atoms with Gasteiger partial charge in [0.2, 0.25) is 0 Å². The number of aryl methyl sites for hydroxylation is 2. The molecule has 3 rings (SSSR count). The van der Waals surface area contributed by atoms with Gasteiger partial charge in [-0.2, -0.15) is 0 Å². The van der Waals surface area contributed by atoms with Gasteiger partial charge in [0.1, 0.15) is 0 Å². The number of benzene rings is 1. The lowest BCUT2D eigenvalue weighted by Crippen LogP contribution is -2.43. The summed E-state index contributed by atoms with van der Waals surface area (Å²) in [6.45, 7) is 16.5. The second-order valence-corrected chi connectivity index (χ2v) is 10.5. The highest BCUT2D eigenvalue weighted by Gasteiger charge is 2.51. The molecule has 0 spiro atoms. The summed E-state index contributed by atoms with van der Waals surface area (Å²) in [6, 6.07) is 7.15. The van der Waals surface area contributed by atoms with Crippen LogP contribution in [0.15, 0.2) is 64.4 Å². The van der Waals surface area contributed by atoms with E-state index in [0.717, 1.165) is 6.42 Å². The molecular formula is C25H34Si. The van der Waals surface area contributed by atoms with E-state index in [1.807, 2.05) is 0 Å². The molecule has 1 heteroatoms. The van der Waals surface area contributed by atoms with Gasteiger partial charge in [0.15, 0.2) is 0 Å². The van der Waals surface area contributed by atoms with Gasteiger partial charge in [-0.25, -0.2) is 0 Å². The summed E-state index contributed by atoms with van der Waals surface area (Å²) in [5, 5.41) is 3.35. The molecule has 2 atom stereocenters. The molecule has 0 amide bonds. The SMILES string of the molecule is CCC1(C2(C)C(C)=C(C)C(C)=C2[SiH2]c2cc(C)cc(C)c2)C=CC=CC1. The van der Waals surface area contributed by atoms with Crippen LogP contribution in [-0.4, -0.2) is 9.52 Å². The predicted octanol–water partition coefficient (Wildman–Crippen LogP) is 5.64. The first-order valence-corrected chi connectivity index (χ1v) is 11.5. The van der Waals surface area contributed by atoms with Gasteiger partial charge in [-0.05, 0) is 53.0 Å². The van der Waals surface area contributed by atoms with Crippen molar-refractivity contribution in [2.45, 2.75) is 61.3 Å². The van der Waals surface area contributed by atoms with Crippen LogP contribution in [0.4, 0.5) is 0 Å². The Morgan fingerprint density at radius 3 is 2.12 bits per heavy atom. The molecule has 0 bridgehead atoms. The highest BCUT2D eigenvalue weighted by atomic mass is 28.2. The lowest BCUT2D eigenvalue weighted by atomic mass is 9.57. The first kappa shape index (κ1) is 19.2. The number of allylic oxidation sites excluding steroid dienone is 8. The monoisotopic (exact) mass is 362 g/mol. The van der Waals surface area contributed by atoms with E-state index in [0.29, 0.717) is 0 Å². The summed E-state index contributed by atoms with van der Waals surface area (Å²) in [5.41, 5.74) is 7.88. The Morgan fingerprint density at radius 2 is 1.58 bits per heavy atom. The highest BCUT2D eigenvalue weighted by molar-refractivity contribution is 6.62. The molecule has 1 aromatic rings. The van der Waals surface area contributed by atoms with Gasteiger partial charge < -0.3 is 0 Å². The van der Waals surface area contributed by atoms with Crippen molar-refractivity contribution in [1.29, 1.82) is 0 Å². The molecule has 0 radical (unpaired) electrons. The first-order valence-electron chi connectivity index (χ1n) is 10.1. The molecular weight excluding hydrogens is 328 g/mol. The van der Waals surface area contributed by atoms with Crippen molar-refractivity contribution in [2.24, 2.45) is 10.8 Å². The summed E-state index contributed by atoms with van der Waals surface area (Å²) in [7, 11) is -0.504. The number of hydrogen-bond acceptors (Lipinski definition) is 0. The van der Waals surface area contributed by atoms with E-state index in [4.69, 9.17) is 0 Å². The van der Waals surface area contributed by atoms with Crippen LogP contribution < -0.4 is 5.19 Å². The third-order valence-corrected chi connectivity index (χ3v) is 9.77. The van der Waals surface area contributed by atoms with Crippen LogP contribution in [0.5, 0.6) is 0 Å². The van der Waals surface area contributed by atoms with Gasteiger partial charge in [0.25, 0.3) is 0 Å². The maximum atomic E-state index is 2.54. The first-order chi connectivity index (χ1) is 12.2. The van der Waals surface area contributed by atoms with Gasteiger partial charge in [0, 0.05) is 10.8 Å². The quantitative estimate of drug-likeness (QED) is 0.608. The van der Waals surface area contributed by atoms with Crippen LogP contribution in [0.1, 0.15) is 58.6 Å². The Kier molecular flexibility index (Phi) is 5.05. The summed E-state index contributed by atoms with van der Waals surface area (Å²) in [5.74, 6) is 0. The lowest BCUT2D eigenvalue weighted by Gasteiger charge is -2.49. The third-order valence-electron chi connectivity index (χ3n) is 7.36. The minimum absolute atomic E-state index is 0.154. The summed E-state index contributed by atoms with van der Waals surface area (Å²) >= 11 is 0. The Labute approximate surface area is 162 Å². The molecule has 0 aliphatic heterocycles. The van der Waals surface area contributed by atoms with Crippen LogP contribution in [0, 0.1) is 24.7 Å². The van der Waals surface area contributed by atoms with Crippen LogP contribution in [-0.2, 0) is 0 Å². The van der Waals surface area contributed by atoms with Crippen molar-refractivity contribution in [2.75, 3.05) is 0 Å². The van der Waals surface area contributed by atoms with E-state index in [1.54, 1.807) is 21.5 Å². The summed E-state index contributed by atoms with van der Waals surface area (Å²) in [6.07, 6.45) is 11.7. The van der Waals surface area contributed by atoms with Crippen molar-refractivity contribution in [3.8, 4) is 0 Å². The molecule has 2 aliphatic rings. The van der Waals surface area contributed by atoms with Crippen LogP contribution >= 0.6 is 0 Å². The Bertz CT molecular complexity index is 829. The van der Waals surface area contributed by atoms with E-state index in [9.17, 15) is 0 Å². The molecule has 138 valence electrons. The zero-order valence-electron chi connectivity index (χ0n) is 17.7. The molecule has 2 unspecified atom stereocenters. The Balaban J connectivity index is 2.13. The van der Waals surface area contributed by atoms with E-state index >= 15 is 0 Å². The van der Waals surface area contributed by atoms with Crippen molar-refractivity contribution in [3.05, 3.63) is 75.5 Å². The largest absolute Gasteiger partial charge is 0.0839 e. The fourth-order valence-corrected chi connectivity index (χ4v) is 8.25. The minimum atomic E-state index is -0.504. The molecule has 0 N–H and O–H groups in total. The fourth-order valence-electron chi connectivity index (χ4n) is 5.49. The molecule has 0 heterocycles. The standard InChI is InChI=1S/C25H34Si/c1-8-25(12-10-9-11-13-25)24(7)21(6)19(4)20(5)23(24)26-22-15-17(2)14-18(3)16-22/h9-12,14-16H,8,13,26H2,1-7H3. The number of rotatable bonds is 4. The molecule has 1 aromatic carbocycles. The molecule has 0 nitrogen and oxygen atoms in total. The van der Waals surface area contributed by atoms with E-state index < -0.39 is 9.52 Å². The zero-order valence-corrected chi connectivity index (χ0v) is 19.1. The zero-order chi connectivity index (χ0) is 19.1. The molecule has 0 aromatic heterocycles. The topological polar surface area (TPSA) is 0 Å². The van der Waals surface area contributed by atoms with Gasteiger partial charge in [-0.1, -0.05) is 89.0 Å². The maximum Gasteiger partial charge on any atom is 0.0839 e. The van der Waals surface area contributed by atoms with Crippen molar-refractivity contribution < 1.29 is 0 Å². The maximum absolute atomic E-state index is 2.54. The average molecular weight is 363 g/mol. The van der Waals surface area contributed by atoms with Gasteiger partial charge in [-0.15, -0.1) is 0 Å². The van der Waals surface area contributed by atoms with Crippen LogP contribution in [0.25, 0.3) is 0 Å². The number of hydrogen-bond donors (Lipinski definition) is 0. The normalized spacial score (nSPS) is 28.9. The van der Waals surface area contributed by atoms with E-state index in [1.165, 1.54) is 23.1 Å². The molecule has 0 fully saturated rings. The van der Waals surface area contributed by atoms with Crippen LogP contribution in [0.2, 0.25) is 0 Å². The summed E-state index contributed by atoms with van der Waals surface area (Å²) < 4.78 is 0. The fraction of sp³-hybridized carbons (Fsp3) is 0.440. The lowest BCUT2D eigenvalue weighted by molar-refractivity contribution is 0.189. The summed E-state index contributed by atoms with van der Waals surface area (Å²) in [4.78, 5) is 0. The smallest absolute Gasteiger partial charge is 0.0836 e. The Morgan fingerprint density at radius 1 is 0.923 bits per heavy atom. The van der Waals surface area contributed by atoms with Crippen molar-refractivity contribution in [1.82, 2.24) is 0 Å². The predicted molar refractivity (Wildman–Crippen MR) is 119 cm³/mol. The van der Waals surface area contributed by atoms with Crippen LogP contribution in [0.3, 0.4) is 0 Å². The molecule has 2 aliphatic carbocycles. The molecule has 26 heavy (non-hydrogen) atoms. The van der Waals surface area contributed by atoms with Crippen molar-refractivity contribution >= 4 is 14.7 Å². The minimum Gasteiger partial charge on any atom is -0.0836 e. The van der Waals surface area contributed by atoms with Gasteiger partial charge >= 0.3 is 0 Å². The van der Waals surface area contributed by atoms with E-state index in [-0.39, 0.29) is 10.8 Å². The molecule has 0 saturated heterocycles. The molecule has 0 saturated carbocycles. The second-order valence-electron chi connectivity index (χ2n) is 8.65. The van der Waals surface area contributed by atoms with E-state index in [2.05, 4.69) is 91.0 Å².